The first-order chi connectivity index (χ1) is 7.15. The number of ether oxygens (including phenoxy) is 2. The summed E-state index contributed by atoms with van der Waals surface area (Å²) in [7, 11) is 2.81. The van der Waals surface area contributed by atoms with Crippen molar-refractivity contribution in [2.45, 2.75) is 32.5 Å². The minimum atomic E-state index is -0.905. The normalized spacial score (nSPS) is 17.9. The summed E-state index contributed by atoms with van der Waals surface area (Å²) in [5.41, 5.74) is 0. The van der Waals surface area contributed by atoms with Crippen LogP contribution in [0.15, 0.2) is 0 Å². The molecular weight excluding hydrogens is 196 g/mol. The van der Waals surface area contributed by atoms with Crippen molar-refractivity contribution in [1.82, 2.24) is 0 Å². The highest BCUT2D eigenvalue weighted by atomic mass is 16.7. The first-order valence-corrected chi connectivity index (χ1v) is 5.28. The van der Waals surface area contributed by atoms with Crippen molar-refractivity contribution < 1.29 is 19.1 Å². The fourth-order valence-corrected chi connectivity index (χ4v) is 1.69. The highest BCUT2D eigenvalue weighted by molar-refractivity contribution is 6.05. The molecule has 4 nitrogen and oxygen atoms in total. The van der Waals surface area contributed by atoms with Gasteiger partial charge in [0.25, 0.3) is 0 Å². The summed E-state index contributed by atoms with van der Waals surface area (Å²) >= 11 is 0. The number of Topliss-reactive ketones (excluding diaryl/α,β-unsaturated/α-hetero) is 2. The predicted octanol–water partition coefficient (Wildman–Crippen LogP) is 1.18. The van der Waals surface area contributed by atoms with Crippen LogP contribution in [0.5, 0.6) is 0 Å². The van der Waals surface area contributed by atoms with Gasteiger partial charge in [0.05, 0.1) is 5.92 Å². The third-order valence-electron chi connectivity index (χ3n) is 2.74. The summed E-state index contributed by atoms with van der Waals surface area (Å²) in [6.07, 6.45) is 1.47. The zero-order valence-electron chi connectivity index (χ0n) is 9.49. The Labute approximate surface area is 89.9 Å². The zero-order valence-corrected chi connectivity index (χ0v) is 9.49. The van der Waals surface area contributed by atoms with Gasteiger partial charge in [-0.1, -0.05) is 6.92 Å². The Kier molecular flexibility index (Phi) is 4.42. The summed E-state index contributed by atoms with van der Waals surface area (Å²) in [5.74, 6) is -0.642. The van der Waals surface area contributed by atoms with Crippen LogP contribution in [-0.4, -0.2) is 32.1 Å². The van der Waals surface area contributed by atoms with E-state index in [1.165, 1.54) is 14.2 Å². The Morgan fingerprint density at radius 1 is 1.27 bits per heavy atom. The topological polar surface area (TPSA) is 52.6 Å². The van der Waals surface area contributed by atoms with E-state index in [-0.39, 0.29) is 17.5 Å². The molecule has 0 amide bonds. The largest absolute Gasteiger partial charge is 0.349 e. The Morgan fingerprint density at radius 3 is 2.13 bits per heavy atom. The van der Waals surface area contributed by atoms with Gasteiger partial charge in [-0.3, -0.25) is 9.59 Å². The van der Waals surface area contributed by atoms with E-state index >= 15 is 0 Å². The van der Waals surface area contributed by atoms with Gasteiger partial charge in [-0.25, -0.2) is 0 Å². The second-order valence-corrected chi connectivity index (χ2v) is 3.84. The van der Waals surface area contributed by atoms with Crippen molar-refractivity contribution >= 4 is 11.6 Å². The summed E-state index contributed by atoms with van der Waals surface area (Å²) < 4.78 is 9.74. The smallest absolute Gasteiger partial charge is 0.218 e. The Balaban J connectivity index is 2.63. The second-order valence-electron chi connectivity index (χ2n) is 3.84. The maximum atomic E-state index is 11.8. The molecule has 0 N–H and O–H groups in total. The first-order valence-electron chi connectivity index (χ1n) is 5.28. The van der Waals surface area contributed by atoms with Crippen LogP contribution in [0.2, 0.25) is 0 Å². The van der Waals surface area contributed by atoms with Gasteiger partial charge in [-0.2, -0.15) is 0 Å². The first kappa shape index (κ1) is 12.3. The number of carbonyl (C=O) groups excluding carboxylic acids is 2. The van der Waals surface area contributed by atoms with E-state index in [2.05, 4.69) is 0 Å². The lowest BCUT2D eigenvalue weighted by molar-refractivity contribution is -0.163. The molecule has 1 unspecified atom stereocenters. The number of hydrogen-bond donors (Lipinski definition) is 0. The van der Waals surface area contributed by atoms with Crippen LogP contribution in [0.25, 0.3) is 0 Å². The highest BCUT2D eigenvalue weighted by Crippen LogP contribution is 2.33. The maximum Gasteiger partial charge on any atom is 0.218 e. The average Bonchev–Trinajstić information content (AvgIpc) is 3.03. The van der Waals surface area contributed by atoms with Crippen LogP contribution >= 0.6 is 0 Å². The molecule has 0 bridgehead atoms. The fraction of sp³-hybridized carbons (Fsp3) is 0.818. The predicted molar refractivity (Wildman–Crippen MR) is 54.3 cm³/mol. The average molecular weight is 214 g/mol. The van der Waals surface area contributed by atoms with E-state index in [1.54, 1.807) is 0 Å². The number of ketones is 2. The van der Waals surface area contributed by atoms with Gasteiger partial charge in [0.15, 0.2) is 5.78 Å². The SMILES string of the molecule is CCC(C(=O)C1CC1)C(=O)C(OC)OC. The van der Waals surface area contributed by atoms with Gasteiger partial charge >= 0.3 is 0 Å². The molecule has 1 aliphatic rings. The van der Waals surface area contributed by atoms with Gasteiger partial charge in [-0.15, -0.1) is 0 Å². The Morgan fingerprint density at radius 2 is 1.80 bits per heavy atom. The minimum absolute atomic E-state index is 0.0570. The molecule has 0 heterocycles. The quantitative estimate of drug-likeness (QED) is 0.471. The van der Waals surface area contributed by atoms with E-state index in [4.69, 9.17) is 9.47 Å². The van der Waals surface area contributed by atoms with Gasteiger partial charge in [0.2, 0.25) is 6.29 Å². The zero-order chi connectivity index (χ0) is 11.4. The van der Waals surface area contributed by atoms with Crippen LogP contribution in [0.3, 0.4) is 0 Å². The molecule has 1 rings (SSSR count). The third kappa shape index (κ3) is 2.86. The number of hydrogen-bond acceptors (Lipinski definition) is 4. The minimum Gasteiger partial charge on any atom is -0.349 e. The van der Waals surface area contributed by atoms with Gasteiger partial charge in [0, 0.05) is 20.1 Å². The molecule has 1 aliphatic carbocycles. The monoisotopic (exact) mass is 214 g/mol. The van der Waals surface area contributed by atoms with Crippen LogP contribution in [-0.2, 0) is 19.1 Å². The Hall–Kier alpha value is -0.740. The molecule has 0 aliphatic heterocycles. The number of methoxy groups -OCH3 is 2. The van der Waals surface area contributed by atoms with Crippen molar-refractivity contribution in [3.63, 3.8) is 0 Å². The standard InChI is InChI=1S/C11H18O4/c1-4-8(9(12)7-5-6-7)10(13)11(14-2)15-3/h7-8,11H,4-6H2,1-3H3. The van der Waals surface area contributed by atoms with E-state index in [0.29, 0.717) is 6.42 Å². The Bertz CT molecular complexity index is 241. The molecule has 0 radical (unpaired) electrons. The molecular formula is C11H18O4. The molecule has 0 aromatic carbocycles. The molecule has 86 valence electrons. The van der Waals surface area contributed by atoms with Crippen molar-refractivity contribution in [1.29, 1.82) is 0 Å². The van der Waals surface area contributed by atoms with Crippen LogP contribution in [0, 0.1) is 11.8 Å². The maximum absolute atomic E-state index is 11.8. The third-order valence-corrected chi connectivity index (χ3v) is 2.74. The van der Waals surface area contributed by atoms with Crippen molar-refractivity contribution in [2.24, 2.45) is 11.8 Å². The molecule has 0 aromatic heterocycles. The highest BCUT2D eigenvalue weighted by Gasteiger charge is 2.39. The number of carbonyl (C=O) groups is 2. The van der Waals surface area contributed by atoms with Crippen LogP contribution in [0.1, 0.15) is 26.2 Å². The molecule has 4 heteroatoms. The van der Waals surface area contributed by atoms with Gasteiger partial charge in [-0.05, 0) is 19.3 Å². The van der Waals surface area contributed by atoms with E-state index < -0.39 is 12.2 Å². The lowest BCUT2D eigenvalue weighted by Gasteiger charge is -2.18. The van der Waals surface area contributed by atoms with E-state index in [9.17, 15) is 9.59 Å². The fourth-order valence-electron chi connectivity index (χ4n) is 1.69. The molecule has 1 atom stereocenters. The van der Waals surface area contributed by atoms with Crippen LogP contribution < -0.4 is 0 Å². The van der Waals surface area contributed by atoms with Gasteiger partial charge in [0.1, 0.15) is 5.78 Å². The van der Waals surface area contributed by atoms with Crippen molar-refractivity contribution in [2.75, 3.05) is 14.2 Å². The van der Waals surface area contributed by atoms with Crippen LogP contribution in [0.4, 0.5) is 0 Å². The number of rotatable bonds is 7. The molecule has 1 saturated carbocycles. The van der Waals surface area contributed by atoms with Gasteiger partial charge < -0.3 is 9.47 Å². The molecule has 15 heavy (non-hydrogen) atoms. The van der Waals surface area contributed by atoms with Crippen molar-refractivity contribution in [3.8, 4) is 0 Å². The van der Waals surface area contributed by atoms with Crippen molar-refractivity contribution in [3.05, 3.63) is 0 Å². The second kappa shape index (κ2) is 5.37. The lowest BCUT2D eigenvalue weighted by Crippen LogP contribution is -2.36. The molecule has 0 spiro atoms. The summed E-state index contributed by atoms with van der Waals surface area (Å²) in [6.45, 7) is 1.84. The molecule has 0 saturated heterocycles. The van der Waals surface area contributed by atoms with E-state index in [1.807, 2.05) is 6.92 Å². The summed E-state index contributed by atoms with van der Waals surface area (Å²) in [4.78, 5) is 23.6. The van der Waals surface area contributed by atoms with E-state index in [0.717, 1.165) is 12.8 Å². The summed E-state index contributed by atoms with van der Waals surface area (Å²) in [6, 6.07) is 0. The molecule has 0 aromatic rings. The molecule has 1 fully saturated rings. The lowest BCUT2D eigenvalue weighted by atomic mass is 9.93. The summed E-state index contributed by atoms with van der Waals surface area (Å²) in [5, 5.41) is 0.